The Kier molecular flexibility index (Phi) is 1.54. The Morgan fingerprint density at radius 2 is 1.31 bits per heavy atom. The summed E-state index contributed by atoms with van der Waals surface area (Å²) in [4.78, 5) is 0. The molecule has 0 aromatic carbocycles. The van der Waals surface area contributed by atoms with E-state index in [1.807, 2.05) is 0 Å². The third-order valence-corrected chi connectivity index (χ3v) is 3.55. The molecular weight excluding hydrogens is 172 g/mol. The summed E-state index contributed by atoms with van der Waals surface area (Å²) in [5.74, 6) is 0.530. The van der Waals surface area contributed by atoms with E-state index < -0.39 is 12.6 Å². The maximum Gasteiger partial charge on any atom is 0.272 e. The lowest BCUT2D eigenvalue weighted by Gasteiger charge is -2.57. The molecule has 4 rings (SSSR count). The van der Waals surface area contributed by atoms with Gasteiger partial charge in [0, 0.05) is 11.8 Å². The van der Waals surface area contributed by atoms with Gasteiger partial charge < -0.3 is 19.3 Å². The molecule has 1 N–H and O–H groups in total. The Balaban J connectivity index is 1.97. The SMILES string of the molecule is CC1C2OC3OC1C(O)[C@@H](O3)C2C. The van der Waals surface area contributed by atoms with Crippen LogP contribution in [0.2, 0.25) is 0 Å². The Hall–Kier alpha value is -0.160. The molecule has 74 valence electrons. The summed E-state index contributed by atoms with van der Waals surface area (Å²) in [6.07, 6.45) is -0.496. The van der Waals surface area contributed by atoms with Crippen LogP contribution in [-0.4, -0.2) is 36.0 Å². The standard InChI is InChI=1S/C9H14O4/c1-3-6-4(2)8-5(10)7(3)12-9(11-6)13-8/h3-10H,1-2H3/t3?,4?,5?,6?,7-,8?,9?/m0/s1. The molecule has 0 spiro atoms. The molecule has 13 heavy (non-hydrogen) atoms. The van der Waals surface area contributed by atoms with E-state index in [-0.39, 0.29) is 30.1 Å². The van der Waals surface area contributed by atoms with Crippen molar-refractivity contribution in [3.05, 3.63) is 0 Å². The first-order valence-electron chi connectivity index (χ1n) is 4.83. The van der Waals surface area contributed by atoms with Crippen molar-refractivity contribution in [2.45, 2.75) is 44.7 Å². The fourth-order valence-corrected chi connectivity index (χ4v) is 2.80. The van der Waals surface area contributed by atoms with Crippen molar-refractivity contribution in [2.24, 2.45) is 11.8 Å². The average molecular weight is 186 g/mol. The predicted octanol–water partition coefficient (Wildman–Crippen LogP) is 0.0995. The molecule has 4 heteroatoms. The van der Waals surface area contributed by atoms with Crippen molar-refractivity contribution in [2.75, 3.05) is 0 Å². The Morgan fingerprint density at radius 1 is 0.846 bits per heavy atom. The van der Waals surface area contributed by atoms with Crippen molar-refractivity contribution in [1.82, 2.24) is 0 Å². The Morgan fingerprint density at radius 3 is 1.85 bits per heavy atom. The van der Waals surface area contributed by atoms with Crippen LogP contribution in [0, 0.1) is 11.8 Å². The summed E-state index contributed by atoms with van der Waals surface area (Å²) in [5.41, 5.74) is 0. The van der Waals surface area contributed by atoms with E-state index in [1.165, 1.54) is 0 Å². The van der Waals surface area contributed by atoms with Gasteiger partial charge in [-0.15, -0.1) is 0 Å². The Labute approximate surface area is 76.8 Å². The summed E-state index contributed by atoms with van der Waals surface area (Å²) >= 11 is 0. The summed E-state index contributed by atoms with van der Waals surface area (Å²) in [6.45, 7) is 3.59. The van der Waals surface area contributed by atoms with E-state index in [2.05, 4.69) is 13.8 Å². The van der Waals surface area contributed by atoms with Gasteiger partial charge in [-0.25, -0.2) is 0 Å². The van der Waals surface area contributed by atoms with Gasteiger partial charge in [0.2, 0.25) is 0 Å². The highest BCUT2D eigenvalue weighted by Crippen LogP contribution is 2.45. The molecule has 3 aliphatic heterocycles. The zero-order valence-corrected chi connectivity index (χ0v) is 7.71. The molecule has 3 heterocycles. The van der Waals surface area contributed by atoms with Gasteiger partial charge in [0.1, 0.15) is 6.10 Å². The van der Waals surface area contributed by atoms with Crippen LogP contribution in [-0.2, 0) is 14.2 Å². The second-order valence-electron chi connectivity index (χ2n) is 4.30. The van der Waals surface area contributed by atoms with E-state index in [4.69, 9.17) is 14.2 Å². The molecule has 4 bridgehead atoms. The molecule has 1 aliphatic carbocycles. The third-order valence-electron chi connectivity index (χ3n) is 3.55. The van der Waals surface area contributed by atoms with Crippen LogP contribution < -0.4 is 0 Å². The summed E-state index contributed by atoms with van der Waals surface area (Å²) in [7, 11) is 0. The third kappa shape index (κ3) is 0.892. The minimum Gasteiger partial charge on any atom is -0.388 e. The monoisotopic (exact) mass is 186 g/mol. The van der Waals surface area contributed by atoms with Crippen molar-refractivity contribution in [3.8, 4) is 0 Å². The Bertz CT molecular complexity index is 182. The summed E-state index contributed by atoms with van der Waals surface area (Å²) in [6, 6.07) is 0. The highest BCUT2D eigenvalue weighted by atomic mass is 16.9. The topological polar surface area (TPSA) is 47.9 Å². The van der Waals surface area contributed by atoms with E-state index in [0.717, 1.165) is 0 Å². The summed E-state index contributed by atoms with van der Waals surface area (Å²) in [5, 5.41) is 9.86. The lowest BCUT2D eigenvalue weighted by atomic mass is 9.73. The van der Waals surface area contributed by atoms with Gasteiger partial charge in [0.15, 0.2) is 0 Å². The van der Waals surface area contributed by atoms with E-state index in [0.29, 0.717) is 0 Å². The lowest BCUT2D eigenvalue weighted by molar-refractivity contribution is -0.470. The fourth-order valence-electron chi connectivity index (χ4n) is 2.80. The highest BCUT2D eigenvalue weighted by molar-refractivity contribution is 5.01. The van der Waals surface area contributed by atoms with Crippen molar-refractivity contribution in [3.63, 3.8) is 0 Å². The maximum atomic E-state index is 9.86. The predicted molar refractivity (Wildman–Crippen MR) is 42.7 cm³/mol. The van der Waals surface area contributed by atoms with Gasteiger partial charge in [-0.3, -0.25) is 0 Å². The van der Waals surface area contributed by atoms with Crippen LogP contribution in [0.4, 0.5) is 0 Å². The molecule has 4 fully saturated rings. The first kappa shape index (κ1) is 8.17. The zero-order chi connectivity index (χ0) is 9.16. The van der Waals surface area contributed by atoms with E-state index >= 15 is 0 Å². The van der Waals surface area contributed by atoms with Crippen LogP contribution in [0.3, 0.4) is 0 Å². The molecule has 1 saturated carbocycles. The van der Waals surface area contributed by atoms with Gasteiger partial charge in [0.05, 0.1) is 18.3 Å². The smallest absolute Gasteiger partial charge is 0.272 e. The van der Waals surface area contributed by atoms with Crippen molar-refractivity contribution >= 4 is 0 Å². The number of aliphatic hydroxyl groups is 1. The molecule has 3 saturated heterocycles. The number of aliphatic hydroxyl groups excluding tert-OH is 1. The van der Waals surface area contributed by atoms with Gasteiger partial charge in [-0.1, -0.05) is 13.8 Å². The fraction of sp³-hybridized carbons (Fsp3) is 1.00. The number of hydrogen-bond acceptors (Lipinski definition) is 4. The largest absolute Gasteiger partial charge is 0.388 e. The van der Waals surface area contributed by atoms with Crippen molar-refractivity contribution < 1.29 is 19.3 Å². The van der Waals surface area contributed by atoms with Crippen LogP contribution in [0.15, 0.2) is 0 Å². The first-order valence-corrected chi connectivity index (χ1v) is 4.83. The quantitative estimate of drug-likeness (QED) is 0.583. The molecule has 0 aromatic rings. The number of rotatable bonds is 0. The molecule has 4 aliphatic rings. The van der Waals surface area contributed by atoms with E-state index in [9.17, 15) is 5.11 Å². The van der Waals surface area contributed by atoms with Gasteiger partial charge in [0.25, 0.3) is 6.48 Å². The minimum atomic E-state index is -0.532. The molecule has 6 unspecified atom stereocenters. The van der Waals surface area contributed by atoms with Gasteiger partial charge in [-0.05, 0) is 0 Å². The van der Waals surface area contributed by atoms with Crippen LogP contribution >= 0.6 is 0 Å². The molecule has 4 nitrogen and oxygen atoms in total. The number of ether oxygens (including phenoxy) is 3. The van der Waals surface area contributed by atoms with E-state index in [1.54, 1.807) is 0 Å². The maximum absolute atomic E-state index is 9.86. The average Bonchev–Trinajstić information content (AvgIpc) is 2.12. The van der Waals surface area contributed by atoms with Crippen molar-refractivity contribution in [1.29, 1.82) is 0 Å². The second kappa shape index (κ2) is 2.45. The molecule has 0 amide bonds. The van der Waals surface area contributed by atoms with Crippen LogP contribution in [0.1, 0.15) is 13.8 Å². The van der Waals surface area contributed by atoms with Gasteiger partial charge >= 0.3 is 0 Å². The highest BCUT2D eigenvalue weighted by Gasteiger charge is 2.58. The van der Waals surface area contributed by atoms with Crippen LogP contribution in [0.5, 0.6) is 0 Å². The molecule has 7 atom stereocenters. The lowest BCUT2D eigenvalue weighted by Crippen LogP contribution is -2.69. The van der Waals surface area contributed by atoms with Gasteiger partial charge in [-0.2, -0.15) is 0 Å². The first-order chi connectivity index (χ1) is 6.18. The second-order valence-corrected chi connectivity index (χ2v) is 4.30. The zero-order valence-electron chi connectivity index (χ0n) is 7.71. The van der Waals surface area contributed by atoms with Crippen LogP contribution in [0.25, 0.3) is 0 Å². The minimum absolute atomic E-state index is 0.0984. The molecule has 0 radical (unpaired) electrons. The molecular formula is C9H14O4. The summed E-state index contributed by atoms with van der Waals surface area (Å²) < 4.78 is 16.3. The normalized spacial score (nSPS) is 64.4. The molecule has 0 aromatic heterocycles. The number of hydrogen-bond donors (Lipinski definition) is 1.